The van der Waals surface area contributed by atoms with Gasteiger partial charge in [0.2, 0.25) is 0 Å². The van der Waals surface area contributed by atoms with Crippen LogP contribution in [0.2, 0.25) is 0 Å². The summed E-state index contributed by atoms with van der Waals surface area (Å²) in [5, 5.41) is 3.42. The Morgan fingerprint density at radius 2 is 2.16 bits per heavy atom. The molecule has 1 heterocycles. The lowest BCUT2D eigenvalue weighted by atomic mass is 10.0. The molecule has 0 bridgehead atoms. The minimum atomic E-state index is 0.707. The molecule has 1 aromatic rings. The molecule has 19 heavy (non-hydrogen) atoms. The van der Waals surface area contributed by atoms with Gasteiger partial charge in [0.1, 0.15) is 5.75 Å². The van der Waals surface area contributed by atoms with Crippen LogP contribution < -0.4 is 10.1 Å². The van der Waals surface area contributed by atoms with Crippen molar-refractivity contribution in [3.63, 3.8) is 0 Å². The maximum atomic E-state index is 5.54. The highest BCUT2D eigenvalue weighted by molar-refractivity contribution is 5.39. The summed E-state index contributed by atoms with van der Waals surface area (Å²) < 4.78 is 5.54. The number of unbranched alkanes of at least 4 members (excludes halogenated alkanes) is 1. The van der Waals surface area contributed by atoms with E-state index in [0.29, 0.717) is 6.04 Å². The van der Waals surface area contributed by atoms with Crippen molar-refractivity contribution in [2.24, 2.45) is 0 Å². The van der Waals surface area contributed by atoms with E-state index in [-0.39, 0.29) is 0 Å². The first-order chi connectivity index (χ1) is 9.33. The number of ether oxygens (including phenoxy) is 1. The Balaban J connectivity index is 1.71. The fraction of sp³-hybridized carbons (Fsp3) is 0.647. The summed E-state index contributed by atoms with van der Waals surface area (Å²) in [5.74, 6) is 1.10. The summed E-state index contributed by atoms with van der Waals surface area (Å²) >= 11 is 0. The lowest BCUT2D eigenvalue weighted by Crippen LogP contribution is -2.24. The van der Waals surface area contributed by atoms with Crippen LogP contribution in [0.4, 0.5) is 0 Å². The fourth-order valence-electron chi connectivity index (χ4n) is 2.90. The van der Waals surface area contributed by atoms with Gasteiger partial charge >= 0.3 is 0 Å². The number of rotatable bonds is 8. The Morgan fingerprint density at radius 1 is 1.26 bits per heavy atom. The van der Waals surface area contributed by atoms with Crippen LogP contribution in [0, 0.1) is 0 Å². The molecule has 1 aromatic carbocycles. The van der Waals surface area contributed by atoms with Gasteiger partial charge in [-0.05, 0) is 49.9 Å². The first kappa shape index (κ1) is 14.4. The van der Waals surface area contributed by atoms with E-state index in [9.17, 15) is 0 Å². The standard InChI is InChI=1S/C17H27NO/c1-3-6-16(18-2)8-5-4-7-14-9-10-17-15(13-14)11-12-19-17/h9-10,13,16,18H,3-8,11-12H2,1-2H3. The molecule has 1 aliphatic rings. The second-order valence-corrected chi connectivity index (χ2v) is 5.56. The van der Waals surface area contributed by atoms with Crippen LogP contribution >= 0.6 is 0 Å². The van der Waals surface area contributed by atoms with Crippen molar-refractivity contribution in [3.05, 3.63) is 29.3 Å². The Hall–Kier alpha value is -1.02. The molecule has 106 valence electrons. The first-order valence-corrected chi connectivity index (χ1v) is 7.75. The largest absolute Gasteiger partial charge is 0.493 e. The van der Waals surface area contributed by atoms with Crippen LogP contribution in [0.15, 0.2) is 18.2 Å². The lowest BCUT2D eigenvalue weighted by Gasteiger charge is -2.14. The monoisotopic (exact) mass is 261 g/mol. The van der Waals surface area contributed by atoms with Crippen LogP contribution in [0.25, 0.3) is 0 Å². The number of fused-ring (bicyclic) bond motifs is 1. The van der Waals surface area contributed by atoms with Crippen molar-refractivity contribution in [1.29, 1.82) is 0 Å². The quantitative estimate of drug-likeness (QED) is 0.720. The smallest absolute Gasteiger partial charge is 0.122 e. The highest BCUT2D eigenvalue weighted by atomic mass is 16.5. The molecule has 1 unspecified atom stereocenters. The molecular formula is C17H27NO. The summed E-state index contributed by atoms with van der Waals surface area (Å²) in [7, 11) is 2.08. The average Bonchev–Trinajstić information content (AvgIpc) is 2.89. The van der Waals surface area contributed by atoms with E-state index in [1.54, 1.807) is 0 Å². The van der Waals surface area contributed by atoms with E-state index in [1.165, 1.54) is 49.7 Å². The van der Waals surface area contributed by atoms with Crippen LogP contribution in [-0.2, 0) is 12.8 Å². The summed E-state index contributed by atoms with van der Waals surface area (Å²) in [4.78, 5) is 0. The second-order valence-electron chi connectivity index (χ2n) is 5.56. The molecule has 2 rings (SSSR count). The minimum Gasteiger partial charge on any atom is -0.493 e. The van der Waals surface area contributed by atoms with Gasteiger partial charge in [0.25, 0.3) is 0 Å². The third-order valence-corrected chi connectivity index (χ3v) is 4.07. The van der Waals surface area contributed by atoms with Gasteiger partial charge in [-0.1, -0.05) is 31.9 Å². The number of benzene rings is 1. The van der Waals surface area contributed by atoms with Crippen molar-refractivity contribution < 1.29 is 4.74 Å². The van der Waals surface area contributed by atoms with Crippen molar-refractivity contribution in [1.82, 2.24) is 5.32 Å². The van der Waals surface area contributed by atoms with Crippen LogP contribution in [0.1, 0.15) is 50.2 Å². The molecule has 0 saturated heterocycles. The molecule has 0 aliphatic carbocycles. The van der Waals surface area contributed by atoms with Gasteiger partial charge in [0, 0.05) is 12.5 Å². The number of hydrogen-bond donors (Lipinski definition) is 1. The number of aryl methyl sites for hydroxylation is 1. The van der Waals surface area contributed by atoms with Crippen molar-refractivity contribution in [3.8, 4) is 5.75 Å². The van der Waals surface area contributed by atoms with E-state index >= 15 is 0 Å². The van der Waals surface area contributed by atoms with Crippen molar-refractivity contribution >= 4 is 0 Å². The van der Waals surface area contributed by atoms with E-state index in [4.69, 9.17) is 4.74 Å². The Bertz CT molecular complexity index is 389. The van der Waals surface area contributed by atoms with Crippen molar-refractivity contribution in [2.45, 2.75) is 57.9 Å². The molecule has 0 saturated carbocycles. The Kier molecular flexibility index (Phi) is 5.71. The maximum absolute atomic E-state index is 5.54. The zero-order chi connectivity index (χ0) is 13.5. The summed E-state index contributed by atoms with van der Waals surface area (Å²) in [6.07, 6.45) is 8.78. The topological polar surface area (TPSA) is 21.3 Å². The molecule has 0 aromatic heterocycles. The molecule has 0 fully saturated rings. The molecule has 0 radical (unpaired) electrons. The van der Waals surface area contributed by atoms with E-state index in [0.717, 1.165) is 18.8 Å². The number of nitrogens with one attached hydrogen (secondary N) is 1. The lowest BCUT2D eigenvalue weighted by molar-refractivity contribution is 0.357. The molecule has 1 aliphatic heterocycles. The van der Waals surface area contributed by atoms with Crippen LogP contribution in [0.3, 0.4) is 0 Å². The van der Waals surface area contributed by atoms with Gasteiger partial charge < -0.3 is 10.1 Å². The zero-order valence-corrected chi connectivity index (χ0v) is 12.4. The van der Waals surface area contributed by atoms with Crippen LogP contribution in [-0.4, -0.2) is 19.7 Å². The minimum absolute atomic E-state index is 0.707. The van der Waals surface area contributed by atoms with Crippen molar-refractivity contribution in [2.75, 3.05) is 13.7 Å². The predicted molar refractivity (Wildman–Crippen MR) is 81.0 cm³/mol. The van der Waals surface area contributed by atoms with E-state index in [2.05, 4.69) is 37.5 Å². The molecule has 1 atom stereocenters. The number of hydrogen-bond acceptors (Lipinski definition) is 2. The molecule has 2 heteroatoms. The highest BCUT2D eigenvalue weighted by Gasteiger charge is 2.11. The summed E-state index contributed by atoms with van der Waals surface area (Å²) in [6, 6.07) is 7.42. The fourth-order valence-corrected chi connectivity index (χ4v) is 2.90. The van der Waals surface area contributed by atoms with Gasteiger partial charge in [-0.2, -0.15) is 0 Å². The first-order valence-electron chi connectivity index (χ1n) is 7.75. The Morgan fingerprint density at radius 3 is 2.95 bits per heavy atom. The van der Waals surface area contributed by atoms with Gasteiger partial charge in [-0.3, -0.25) is 0 Å². The van der Waals surface area contributed by atoms with Gasteiger partial charge in [0.15, 0.2) is 0 Å². The molecule has 2 nitrogen and oxygen atoms in total. The molecule has 0 spiro atoms. The third kappa shape index (κ3) is 4.24. The van der Waals surface area contributed by atoms with E-state index < -0.39 is 0 Å². The molecular weight excluding hydrogens is 234 g/mol. The Labute approximate surface area is 117 Å². The molecule has 0 amide bonds. The normalized spacial score (nSPS) is 15.1. The van der Waals surface area contributed by atoms with Gasteiger partial charge in [-0.15, -0.1) is 0 Å². The summed E-state index contributed by atoms with van der Waals surface area (Å²) in [5.41, 5.74) is 2.87. The predicted octanol–water partition coefficient (Wildman–Crippen LogP) is 3.72. The zero-order valence-electron chi connectivity index (χ0n) is 12.4. The average molecular weight is 261 g/mol. The van der Waals surface area contributed by atoms with E-state index in [1.807, 2.05) is 0 Å². The second kappa shape index (κ2) is 7.54. The molecule has 1 N–H and O–H groups in total. The van der Waals surface area contributed by atoms with Gasteiger partial charge in [0.05, 0.1) is 6.61 Å². The van der Waals surface area contributed by atoms with Crippen LogP contribution in [0.5, 0.6) is 5.75 Å². The van der Waals surface area contributed by atoms with Gasteiger partial charge in [-0.25, -0.2) is 0 Å². The summed E-state index contributed by atoms with van der Waals surface area (Å²) in [6.45, 7) is 3.12. The highest BCUT2D eigenvalue weighted by Crippen LogP contribution is 2.26. The maximum Gasteiger partial charge on any atom is 0.122 e. The third-order valence-electron chi connectivity index (χ3n) is 4.07. The SMILES string of the molecule is CCCC(CCCCc1ccc2c(c1)CCO2)NC.